The highest BCUT2D eigenvalue weighted by Crippen LogP contribution is 2.17. The van der Waals surface area contributed by atoms with E-state index in [2.05, 4.69) is 10.6 Å². The van der Waals surface area contributed by atoms with Gasteiger partial charge in [-0.2, -0.15) is 0 Å². The van der Waals surface area contributed by atoms with Crippen molar-refractivity contribution in [2.24, 2.45) is 0 Å². The Kier molecular flexibility index (Phi) is 4.56. The Labute approximate surface area is 107 Å². The first-order chi connectivity index (χ1) is 8.74. The van der Waals surface area contributed by atoms with Crippen molar-refractivity contribution in [3.8, 4) is 0 Å². The summed E-state index contributed by atoms with van der Waals surface area (Å²) in [6.45, 7) is 0.238. The van der Waals surface area contributed by atoms with Gasteiger partial charge in [-0.25, -0.2) is 4.39 Å². The molecule has 2 rings (SSSR count). The van der Waals surface area contributed by atoms with Gasteiger partial charge >= 0.3 is 0 Å². The molecule has 0 atom stereocenters. The minimum absolute atomic E-state index is 0.00576. The second-order valence-corrected chi connectivity index (χ2v) is 4.76. The molecule has 1 saturated carbocycles. The summed E-state index contributed by atoms with van der Waals surface area (Å²) >= 11 is 0. The quantitative estimate of drug-likeness (QED) is 0.862. The lowest BCUT2D eigenvalue weighted by atomic mass is 9.95. The van der Waals surface area contributed by atoms with Crippen LogP contribution in [0.15, 0.2) is 24.3 Å². The molecule has 1 aliphatic carbocycles. The summed E-state index contributed by atoms with van der Waals surface area (Å²) in [6, 6.07) is 6.34. The lowest BCUT2D eigenvalue weighted by Gasteiger charge is -2.22. The first kappa shape index (κ1) is 12.9. The molecule has 1 aliphatic rings. The zero-order chi connectivity index (χ0) is 12.8. The van der Waals surface area contributed by atoms with Gasteiger partial charge in [0, 0.05) is 11.7 Å². The zero-order valence-electron chi connectivity index (χ0n) is 10.4. The Morgan fingerprint density at radius 3 is 2.50 bits per heavy atom. The van der Waals surface area contributed by atoms with Crippen LogP contribution in [0.4, 0.5) is 10.1 Å². The molecule has 2 N–H and O–H groups in total. The van der Waals surface area contributed by atoms with E-state index in [0.717, 1.165) is 18.5 Å². The zero-order valence-corrected chi connectivity index (χ0v) is 10.4. The average Bonchev–Trinajstić information content (AvgIpc) is 2.39. The number of nitrogens with one attached hydrogen (secondary N) is 2. The van der Waals surface area contributed by atoms with Crippen molar-refractivity contribution < 1.29 is 9.18 Å². The summed E-state index contributed by atoms with van der Waals surface area (Å²) in [7, 11) is 0. The number of benzene rings is 1. The van der Waals surface area contributed by atoms with Crippen molar-refractivity contribution in [2.75, 3.05) is 11.9 Å². The molecule has 0 bridgehead atoms. The summed E-state index contributed by atoms with van der Waals surface area (Å²) < 4.78 is 12.7. The molecule has 98 valence electrons. The highest BCUT2D eigenvalue weighted by molar-refractivity contribution is 5.80. The van der Waals surface area contributed by atoms with Crippen molar-refractivity contribution in [1.29, 1.82) is 0 Å². The van der Waals surface area contributed by atoms with E-state index in [9.17, 15) is 9.18 Å². The predicted molar refractivity (Wildman–Crippen MR) is 69.9 cm³/mol. The third-order valence-electron chi connectivity index (χ3n) is 3.27. The Morgan fingerprint density at radius 2 is 1.83 bits per heavy atom. The number of amides is 1. The van der Waals surface area contributed by atoms with Crippen LogP contribution in [0.1, 0.15) is 32.1 Å². The summed E-state index contributed by atoms with van der Waals surface area (Å²) in [5.41, 5.74) is 0.759. The third kappa shape index (κ3) is 4.02. The Hall–Kier alpha value is -1.58. The monoisotopic (exact) mass is 250 g/mol. The Bertz CT molecular complexity index is 385. The van der Waals surface area contributed by atoms with Crippen molar-refractivity contribution >= 4 is 11.6 Å². The van der Waals surface area contributed by atoms with Gasteiger partial charge in [0.1, 0.15) is 5.82 Å². The van der Waals surface area contributed by atoms with E-state index in [1.807, 2.05) is 0 Å². The van der Waals surface area contributed by atoms with Gasteiger partial charge in [0.05, 0.1) is 6.54 Å². The fraction of sp³-hybridized carbons (Fsp3) is 0.500. The molecule has 0 radical (unpaired) electrons. The van der Waals surface area contributed by atoms with Crippen LogP contribution in [0.2, 0.25) is 0 Å². The maximum absolute atomic E-state index is 12.7. The highest BCUT2D eigenvalue weighted by atomic mass is 19.1. The molecular weight excluding hydrogens is 231 g/mol. The van der Waals surface area contributed by atoms with Crippen molar-refractivity contribution in [3.63, 3.8) is 0 Å². The SMILES string of the molecule is O=C(CNc1ccc(F)cc1)NC1CCCCC1. The van der Waals surface area contributed by atoms with Crippen LogP contribution < -0.4 is 10.6 Å². The normalized spacial score (nSPS) is 16.3. The standard InChI is InChI=1S/C14H19FN2O/c15-11-6-8-12(9-7-11)16-10-14(18)17-13-4-2-1-3-5-13/h6-9,13,16H,1-5,10H2,(H,17,18). The van der Waals surface area contributed by atoms with Gasteiger partial charge in [-0.15, -0.1) is 0 Å². The van der Waals surface area contributed by atoms with Crippen molar-refractivity contribution in [1.82, 2.24) is 5.32 Å². The molecule has 18 heavy (non-hydrogen) atoms. The van der Waals surface area contributed by atoms with E-state index >= 15 is 0 Å². The first-order valence-corrected chi connectivity index (χ1v) is 6.53. The average molecular weight is 250 g/mol. The van der Waals surface area contributed by atoms with Gasteiger partial charge in [-0.3, -0.25) is 4.79 Å². The van der Waals surface area contributed by atoms with E-state index in [0.29, 0.717) is 6.04 Å². The van der Waals surface area contributed by atoms with Gasteiger partial charge in [0.2, 0.25) is 5.91 Å². The number of hydrogen-bond donors (Lipinski definition) is 2. The highest BCUT2D eigenvalue weighted by Gasteiger charge is 2.15. The Morgan fingerprint density at radius 1 is 1.17 bits per heavy atom. The topological polar surface area (TPSA) is 41.1 Å². The first-order valence-electron chi connectivity index (χ1n) is 6.53. The molecule has 0 unspecified atom stereocenters. The van der Waals surface area contributed by atoms with Gasteiger partial charge in [-0.1, -0.05) is 19.3 Å². The van der Waals surface area contributed by atoms with Gasteiger partial charge in [-0.05, 0) is 37.1 Å². The van der Waals surface area contributed by atoms with Crippen LogP contribution >= 0.6 is 0 Å². The molecule has 3 nitrogen and oxygen atoms in total. The van der Waals surface area contributed by atoms with E-state index in [1.54, 1.807) is 12.1 Å². The number of rotatable bonds is 4. The molecule has 0 spiro atoms. The van der Waals surface area contributed by atoms with Crippen molar-refractivity contribution in [3.05, 3.63) is 30.1 Å². The lowest BCUT2D eigenvalue weighted by Crippen LogP contribution is -2.39. The summed E-state index contributed by atoms with van der Waals surface area (Å²) in [5, 5.41) is 6.01. The largest absolute Gasteiger partial charge is 0.376 e. The maximum atomic E-state index is 12.7. The summed E-state index contributed by atoms with van der Waals surface area (Å²) in [5.74, 6) is -0.265. The number of carbonyl (C=O) groups is 1. The minimum Gasteiger partial charge on any atom is -0.376 e. The maximum Gasteiger partial charge on any atom is 0.239 e. The molecule has 1 amide bonds. The van der Waals surface area contributed by atoms with Gasteiger partial charge < -0.3 is 10.6 Å². The minimum atomic E-state index is -0.271. The lowest BCUT2D eigenvalue weighted by molar-refractivity contribution is -0.120. The van der Waals surface area contributed by atoms with Crippen LogP contribution in [0.25, 0.3) is 0 Å². The van der Waals surface area contributed by atoms with E-state index in [1.165, 1.54) is 31.4 Å². The number of halogens is 1. The molecular formula is C14H19FN2O. The Balaban J connectivity index is 1.72. The van der Waals surface area contributed by atoms with Crippen LogP contribution in [0.3, 0.4) is 0 Å². The molecule has 0 saturated heterocycles. The molecule has 1 aromatic rings. The number of carbonyl (C=O) groups excluding carboxylic acids is 1. The second kappa shape index (κ2) is 6.38. The van der Waals surface area contributed by atoms with Crippen LogP contribution in [0.5, 0.6) is 0 Å². The molecule has 1 aromatic carbocycles. The van der Waals surface area contributed by atoms with E-state index in [-0.39, 0.29) is 18.3 Å². The van der Waals surface area contributed by atoms with Crippen LogP contribution in [0, 0.1) is 5.82 Å². The van der Waals surface area contributed by atoms with E-state index < -0.39 is 0 Å². The van der Waals surface area contributed by atoms with Gasteiger partial charge in [0.15, 0.2) is 0 Å². The molecule has 1 fully saturated rings. The smallest absolute Gasteiger partial charge is 0.239 e. The molecule has 4 heteroatoms. The third-order valence-corrected chi connectivity index (χ3v) is 3.27. The predicted octanol–water partition coefficient (Wildman–Crippen LogP) is 2.69. The number of hydrogen-bond acceptors (Lipinski definition) is 2. The molecule has 0 heterocycles. The van der Waals surface area contributed by atoms with E-state index in [4.69, 9.17) is 0 Å². The fourth-order valence-corrected chi connectivity index (χ4v) is 2.28. The number of anilines is 1. The second-order valence-electron chi connectivity index (χ2n) is 4.76. The van der Waals surface area contributed by atoms with Gasteiger partial charge in [0.25, 0.3) is 0 Å². The molecule has 0 aliphatic heterocycles. The fourth-order valence-electron chi connectivity index (χ4n) is 2.28. The summed E-state index contributed by atoms with van der Waals surface area (Å²) in [4.78, 5) is 11.7. The van der Waals surface area contributed by atoms with Crippen LogP contribution in [-0.4, -0.2) is 18.5 Å². The summed E-state index contributed by atoms with van der Waals surface area (Å²) in [6.07, 6.45) is 5.86. The van der Waals surface area contributed by atoms with Crippen LogP contribution in [-0.2, 0) is 4.79 Å². The molecule has 0 aromatic heterocycles. The van der Waals surface area contributed by atoms with Crippen molar-refractivity contribution in [2.45, 2.75) is 38.1 Å².